The fourth-order valence-electron chi connectivity index (χ4n) is 0.185. The van der Waals surface area contributed by atoms with Crippen molar-refractivity contribution in [2.45, 2.75) is 6.82 Å². The molecule has 1 rings (SSSR count). The average molecular weight is 194 g/mol. The van der Waals surface area contributed by atoms with Gasteiger partial charge < -0.3 is 17.7 Å². The Balaban J connectivity index is 0. The number of rotatable bonds is 0. The Morgan fingerprint density at radius 1 is 1.36 bits per heavy atom. The zero-order valence-corrected chi connectivity index (χ0v) is 9.57. The summed E-state index contributed by atoms with van der Waals surface area (Å²) >= 11 is 0. The van der Waals surface area contributed by atoms with Crippen molar-refractivity contribution in [3.8, 4) is 0 Å². The number of hydrogen-bond acceptors (Lipinski definition) is 2. The summed E-state index contributed by atoms with van der Waals surface area (Å²) in [4.78, 5) is 9.77. The zero-order valence-electron chi connectivity index (χ0n) is 6.44. The fourth-order valence-corrected chi connectivity index (χ4v) is 0.185. The van der Waals surface area contributed by atoms with Crippen LogP contribution in [0.2, 0.25) is 6.82 Å². The van der Waals surface area contributed by atoms with E-state index in [0.717, 1.165) is 0 Å². The van der Waals surface area contributed by atoms with Gasteiger partial charge in [-0.05, 0) is 0 Å². The third kappa shape index (κ3) is 18.2. The molecule has 11 heavy (non-hydrogen) atoms. The molecule has 0 radical (unpaired) electrons. The Bertz CT molecular complexity index is 115. The van der Waals surface area contributed by atoms with E-state index in [9.17, 15) is 17.7 Å². The molecule has 1 heterocycles. The first kappa shape index (κ1) is 14.6. The maximum atomic E-state index is 10.4. The van der Waals surface area contributed by atoms with Crippen LogP contribution in [0.15, 0.2) is 0 Å². The van der Waals surface area contributed by atoms with Crippen LogP contribution in [0, 0.1) is 0 Å². The first-order valence-electron chi connectivity index (χ1n) is 2.72. The van der Waals surface area contributed by atoms with Crippen LogP contribution in [0.3, 0.4) is 0 Å². The topological polar surface area (TPSA) is 26.3 Å². The molecule has 1 fully saturated rings. The number of carbonyl (C=O) groups excluding carboxylic acids is 1. The first-order valence-corrected chi connectivity index (χ1v) is 2.72. The molecule has 1 saturated heterocycles. The summed E-state index contributed by atoms with van der Waals surface area (Å²) in [5, 5.41) is 0. The monoisotopic (exact) mass is 194 g/mol. The maximum Gasteiger partial charge on any atom is 1.00 e. The molecular weight excluding hydrogens is 187 g/mol. The van der Waals surface area contributed by atoms with Crippen molar-refractivity contribution < 1.29 is 73.9 Å². The van der Waals surface area contributed by atoms with Gasteiger partial charge in [0.05, 0.1) is 0 Å². The fraction of sp³-hybridized carbons (Fsp3) is 0.750. The maximum absolute atomic E-state index is 10.4. The van der Waals surface area contributed by atoms with Gasteiger partial charge in [0.2, 0.25) is 0 Å². The molecule has 0 atom stereocenters. The van der Waals surface area contributed by atoms with E-state index < -0.39 is 6.98 Å². The second kappa shape index (κ2) is 6.62. The Hall–Kier alpha value is 1.12. The minimum Gasteiger partial charge on any atom is -0.449 e. The van der Waals surface area contributed by atoms with E-state index >= 15 is 0 Å². The van der Waals surface area contributed by atoms with Crippen LogP contribution in [-0.4, -0.2) is 26.0 Å². The number of Topliss-reactive ketones (excluding diaryl/α,β-unsaturated/α-hetero) is 1. The van der Waals surface area contributed by atoms with E-state index in [1.807, 2.05) is 0 Å². The number of ether oxygens (including phenoxy) is 1. The van der Waals surface area contributed by atoms with Crippen LogP contribution < -0.4 is 51.4 Å². The van der Waals surface area contributed by atoms with Crippen LogP contribution >= 0.6 is 0 Å². The van der Waals surface area contributed by atoms with Gasteiger partial charge in [-0.2, -0.15) is 0 Å². The van der Waals surface area contributed by atoms with Gasteiger partial charge in [-0.3, -0.25) is 4.79 Å². The molecule has 0 N–H and O–H groups in total. The molecule has 0 saturated carbocycles. The Kier molecular flexibility index (Phi) is 8.80. The molecule has 0 aliphatic carbocycles. The molecule has 60 valence electrons. The van der Waals surface area contributed by atoms with Crippen LogP contribution in [0.1, 0.15) is 0 Å². The van der Waals surface area contributed by atoms with E-state index in [-0.39, 0.29) is 64.0 Å². The summed E-state index contributed by atoms with van der Waals surface area (Å²) in [6, 6.07) is 0. The minimum atomic E-state index is -4.50. The Labute approximate surface area is 105 Å². The Morgan fingerprint density at radius 3 is 1.55 bits per heavy atom. The quantitative estimate of drug-likeness (QED) is 0.419. The van der Waals surface area contributed by atoms with Crippen molar-refractivity contribution in [2.24, 2.45) is 0 Å². The molecule has 0 amide bonds. The SMILES string of the molecule is C[B-](F)(F)F.O=C1COC1.[K+]. The van der Waals surface area contributed by atoms with Gasteiger partial charge in [-0.15, -0.1) is 0 Å². The summed E-state index contributed by atoms with van der Waals surface area (Å²) in [6.45, 7) is -3.56. The summed E-state index contributed by atoms with van der Waals surface area (Å²) in [7, 11) is 0. The first-order chi connectivity index (χ1) is 4.39. The second-order valence-electron chi connectivity index (χ2n) is 1.93. The van der Waals surface area contributed by atoms with Crippen LogP contribution in [0.25, 0.3) is 0 Å². The third-order valence-electron chi connectivity index (χ3n) is 0.526. The van der Waals surface area contributed by atoms with E-state index in [0.29, 0.717) is 13.2 Å². The van der Waals surface area contributed by atoms with Crippen molar-refractivity contribution in [2.75, 3.05) is 13.2 Å². The van der Waals surface area contributed by atoms with Crippen molar-refractivity contribution in [3.63, 3.8) is 0 Å². The van der Waals surface area contributed by atoms with Gasteiger partial charge in [0.25, 0.3) is 0 Å². The van der Waals surface area contributed by atoms with E-state index in [4.69, 9.17) is 0 Å². The van der Waals surface area contributed by atoms with Crippen LogP contribution in [0.5, 0.6) is 0 Å². The smallest absolute Gasteiger partial charge is 0.449 e. The predicted molar refractivity (Wildman–Crippen MR) is 30.8 cm³/mol. The molecule has 2 nitrogen and oxygen atoms in total. The van der Waals surface area contributed by atoms with Crippen LogP contribution in [0.4, 0.5) is 12.9 Å². The summed E-state index contributed by atoms with van der Waals surface area (Å²) in [5.74, 6) is 0.213. The van der Waals surface area contributed by atoms with E-state index in [1.54, 1.807) is 0 Å². The van der Waals surface area contributed by atoms with E-state index in [1.165, 1.54) is 0 Å². The largest absolute Gasteiger partial charge is 1.00 e. The Morgan fingerprint density at radius 2 is 1.55 bits per heavy atom. The molecule has 0 aromatic rings. The molecule has 1 aliphatic heterocycles. The van der Waals surface area contributed by atoms with Crippen LogP contribution in [-0.2, 0) is 9.53 Å². The number of carbonyl (C=O) groups is 1. The van der Waals surface area contributed by atoms with Crippen molar-refractivity contribution >= 4 is 12.8 Å². The minimum absolute atomic E-state index is 0. The molecule has 0 unspecified atom stereocenters. The summed E-state index contributed by atoms with van der Waals surface area (Å²) < 4.78 is 35.7. The summed E-state index contributed by atoms with van der Waals surface area (Å²) in [6.07, 6.45) is 0. The van der Waals surface area contributed by atoms with Crippen molar-refractivity contribution in [1.29, 1.82) is 0 Å². The molecule has 0 aromatic carbocycles. The zero-order chi connectivity index (χ0) is 8.20. The van der Waals surface area contributed by atoms with Gasteiger partial charge in [-0.25, -0.2) is 0 Å². The average Bonchev–Trinajstić information content (AvgIpc) is 1.56. The number of ketones is 1. The van der Waals surface area contributed by atoms with Gasteiger partial charge in [-0.1, -0.05) is 6.82 Å². The standard InChI is InChI=1S/C3H4O2.CH3BF3.K/c4-3-1-5-2-3;1-2(3,4)5;/h1-2H2;1H3;/q;-1;+1. The van der Waals surface area contributed by atoms with Gasteiger partial charge in [0.15, 0.2) is 5.78 Å². The molecule has 0 aromatic heterocycles. The molecule has 7 heteroatoms. The molecule has 0 spiro atoms. The number of halogens is 3. The van der Waals surface area contributed by atoms with Gasteiger partial charge >= 0.3 is 58.4 Å². The van der Waals surface area contributed by atoms with Gasteiger partial charge in [0.1, 0.15) is 13.2 Å². The predicted octanol–water partition coefficient (Wildman–Crippen LogP) is -1.95. The molecular formula is C4H7BF3KO2. The van der Waals surface area contributed by atoms with Crippen molar-refractivity contribution in [3.05, 3.63) is 0 Å². The normalized spacial score (nSPS) is 15.5. The third-order valence-corrected chi connectivity index (χ3v) is 0.526. The molecule has 1 aliphatic rings. The summed E-state index contributed by atoms with van der Waals surface area (Å²) in [5.41, 5.74) is 0. The second-order valence-corrected chi connectivity index (χ2v) is 1.93. The van der Waals surface area contributed by atoms with Gasteiger partial charge in [0, 0.05) is 0 Å². The van der Waals surface area contributed by atoms with Crippen molar-refractivity contribution in [1.82, 2.24) is 0 Å². The number of hydrogen-bond donors (Lipinski definition) is 0. The molecule has 0 bridgehead atoms. The van der Waals surface area contributed by atoms with E-state index in [2.05, 4.69) is 4.74 Å².